The van der Waals surface area contributed by atoms with E-state index in [0.29, 0.717) is 31.2 Å². The number of carbonyl (C=O) groups excluding carboxylic acids is 1. The molecule has 5 rings (SSSR count). The molecule has 0 aromatic carbocycles. The molecule has 30 heavy (non-hydrogen) atoms. The van der Waals surface area contributed by atoms with E-state index >= 15 is 0 Å². The highest BCUT2D eigenvalue weighted by molar-refractivity contribution is 5.94. The SMILES string of the molecule is C[C@H]1CCc2onc(C(=O)N3CCC[C@H](c4nc5c(c(=O)[nH]4)CN(C)CC5)C3)c2C1. The number of aryl methyl sites for hydroxylation is 1. The number of aromatic amines is 1. The van der Waals surface area contributed by atoms with E-state index in [1.54, 1.807) is 0 Å². The average Bonchev–Trinajstić information content (AvgIpc) is 3.16. The molecular weight excluding hydrogens is 382 g/mol. The predicted octanol–water partition coefficient (Wildman–Crippen LogP) is 1.89. The molecule has 8 nitrogen and oxygen atoms in total. The number of rotatable bonds is 2. The van der Waals surface area contributed by atoms with Gasteiger partial charge in [-0.1, -0.05) is 12.1 Å². The molecule has 1 aliphatic carbocycles. The van der Waals surface area contributed by atoms with Crippen molar-refractivity contribution in [3.63, 3.8) is 0 Å². The Morgan fingerprint density at radius 3 is 2.93 bits per heavy atom. The first-order valence-corrected chi connectivity index (χ1v) is 11.1. The van der Waals surface area contributed by atoms with Crippen LogP contribution in [0.2, 0.25) is 0 Å². The zero-order chi connectivity index (χ0) is 20.8. The lowest BCUT2D eigenvalue weighted by Crippen LogP contribution is -2.41. The number of likely N-dealkylation sites (tertiary alicyclic amines) is 1. The van der Waals surface area contributed by atoms with Gasteiger partial charge in [-0.2, -0.15) is 0 Å². The lowest BCUT2D eigenvalue weighted by atomic mass is 9.88. The molecule has 1 saturated heterocycles. The van der Waals surface area contributed by atoms with Crippen molar-refractivity contribution in [1.29, 1.82) is 0 Å². The quantitative estimate of drug-likeness (QED) is 0.811. The lowest BCUT2D eigenvalue weighted by Gasteiger charge is -2.32. The minimum absolute atomic E-state index is 0.0374. The molecule has 4 heterocycles. The van der Waals surface area contributed by atoms with E-state index in [1.165, 1.54) is 0 Å². The van der Waals surface area contributed by atoms with Crippen LogP contribution in [0.3, 0.4) is 0 Å². The summed E-state index contributed by atoms with van der Waals surface area (Å²) in [6, 6.07) is 0. The third kappa shape index (κ3) is 3.47. The highest BCUT2D eigenvalue weighted by Gasteiger charge is 2.33. The van der Waals surface area contributed by atoms with Crippen molar-refractivity contribution >= 4 is 5.91 Å². The Bertz CT molecular complexity index is 1030. The van der Waals surface area contributed by atoms with Gasteiger partial charge in [-0.15, -0.1) is 0 Å². The maximum absolute atomic E-state index is 13.3. The van der Waals surface area contributed by atoms with Crippen LogP contribution in [-0.2, 0) is 25.8 Å². The van der Waals surface area contributed by atoms with Crippen molar-refractivity contribution in [3.05, 3.63) is 44.5 Å². The van der Waals surface area contributed by atoms with Gasteiger partial charge in [0.15, 0.2) is 5.69 Å². The number of fused-ring (bicyclic) bond motifs is 2. The van der Waals surface area contributed by atoms with Gasteiger partial charge in [0, 0.05) is 50.5 Å². The van der Waals surface area contributed by atoms with E-state index in [1.807, 2.05) is 11.9 Å². The molecule has 3 aliphatic rings. The molecule has 2 aromatic rings. The summed E-state index contributed by atoms with van der Waals surface area (Å²) in [5.74, 6) is 2.12. The average molecular weight is 412 g/mol. The molecule has 2 aliphatic heterocycles. The van der Waals surface area contributed by atoms with Crippen molar-refractivity contribution in [1.82, 2.24) is 24.9 Å². The zero-order valence-corrected chi connectivity index (χ0v) is 17.7. The van der Waals surface area contributed by atoms with Crippen molar-refractivity contribution in [2.24, 2.45) is 5.92 Å². The monoisotopic (exact) mass is 411 g/mol. The molecule has 0 saturated carbocycles. The molecule has 1 amide bonds. The van der Waals surface area contributed by atoms with Crippen molar-refractivity contribution in [2.75, 3.05) is 26.7 Å². The molecule has 0 bridgehead atoms. The van der Waals surface area contributed by atoms with Gasteiger partial charge in [0.2, 0.25) is 0 Å². The van der Waals surface area contributed by atoms with E-state index in [9.17, 15) is 9.59 Å². The minimum atomic E-state index is -0.0549. The molecule has 0 radical (unpaired) electrons. The van der Waals surface area contributed by atoms with Crippen molar-refractivity contribution in [3.8, 4) is 0 Å². The first-order chi connectivity index (χ1) is 14.5. The van der Waals surface area contributed by atoms with Crippen LogP contribution in [0.4, 0.5) is 0 Å². The third-order valence-electron chi connectivity index (χ3n) is 6.86. The Kier molecular flexibility index (Phi) is 4.97. The van der Waals surface area contributed by atoms with Crippen LogP contribution in [0, 0.1) is 5.92 Å². The Balaban J connectivity index is 1.37. The number of nitrogens with one attached hydrogen (secondary N) is 1. The van der Waals surface area contributed by atoms with Gasteiger partial charge in [0.1, 0.15) is 11.6 Å². The van der Waals surface area contributed by atoms with Crippen LogP contribution >= 0.6 is 0 Å². The summed E-state index contributed by atoms with van der Waals surface area (Å²) in [5.41, 5.74) is 3.12. The molecule has 160 valence electrons. The molecule has 1 fully saturated rings. The van der Waals surface area contributed by atoms with Crippen LogP contribution in [0.25, 0.3) is 0 Å². The van der Waals surface area contributed by atoms with Crippen LogP contribution in [0.1, 0.15) is 71.0 Å². The summed E-state index contributed by atoms with van der Waals surface area (Å²) in [6.45, 7) is 5.01. The van der Waals surface area contributed by atoms with E-state index < -0.39 is 0 Å². The van der Waals surface area contributed by atoms with E-state index in [0.717, 1.165) is 73.5 Å². The largest absolute Gasteiger partial charge is 0.360 e. The maximum atomic E-state index is 13.3. The third-order valence-corrected chi connectivity index (χ3v) is 6.86. The van der Waals surface area contributed by atoms with Crippen molar-refractivity contribution < 1.29 is 9.32 Å². The highest BCUT2D eigenvalue weighted by Crippen LogP contribution is 2.31. The zero-order valence-electron chi connectivity index (χ0n) is 17.7. The molecular formula is C22H29N5O3. The summed E-state index contributed by atoms with van der Waals surface area (Å²) in [4.78, 5) is 37.7. The number of hydrogen-bond acceptors (Lipinski definition) is 6. The molecule has 2 atom stereocenters. The maximum Gasteiger partial charge on any atom is 0.276 e. The number of piperidine rings is 1. The summed E-state index contributed by atoms with van der Waals surface area (Å²) in [6.07, 6.45) is 5.38. The number of carbonyl (C=O) groups is 1. The van der Waals surface area contributed by atoms with Gasteiger partial charge in [-0.05, 0) is 38.6 Å². The smallest absolute Gasteiger partial charge is 0.276 e. The van der Waals surface area contributed by atoms with Crippen LogP contribution < -0.4 is 5.56 Å². The van der Waals surface area contributed by atoms with Crippen molar-refractivity contribution in [2.45, 2.75) is 57.9 Å². The van der Waals surface area contributed by atoms with Crippen LogP contribution in [0.15, 0.2) is 9.32 Å². The second kappa shape index (κ2) is 7.65. The fourth-order valence-electron chi connectivity index (χ4n) is 5.05. The van der Waals surface area contributed by atoms with Crippen LogP contribution in [0.5, 0.6) is 0 Å². The molecule has 2 aromatic heterocycles. The molecule has 0 spiro atoms. The lowest BCUT2D eigenvalue weighted by molar-refractivity contribution is 0.0692. The predicted molar refractivity (Wildman–Crippen MR) is 110 cm³/mol. The number of H-pyrrole nitrogens is 1. The van der Waals surface area contributed by atoms with Gasteiger partial charge in [0.05, 0.1) is 11.3 Å². The summed E-state index contributed by atoms with van der Waals surface area (Å²) in [5, 5.41) is 4.14. The Morgan fingerprint density at radius 1 is 1.20 bits per heavy atom. The minimum Gasteiger partial charge on any atom is -0.360 e. The fourth-order valence-corrected chi connectivity index (χ4v) is 5.05. The number of hydrogen-bond donors (Lipinski definition) is 1. The fraction of sp³-hybridized carbons (Fsp3) is 0.636. The second-order valence-corrected chi connectivity index (χ2v) is 9.24. The van der Waals surface area contributed by atoms with Gasteiger partial charge in [0.25, 0.3) is 11.5 Å². The highest BCUT2D eigenvalue weighted by atomic mass is 16.5. The van der Waals surface area contributed by atoms with Crippen LogP contribution in [-0.4, -0.2) is 57.5 Å². The number of aromatic nitrogens is 3. The standard InChI is InChI=1S/C22H29N5O3/c1-13-5-6-18-15(10-13)19(25-30-18)22(29)27-8-3-4-14(11-27)20-23-17-7-9-26(2)12-16(17)21(28)24-20/h13-14H,3-12H2,1-2H3,(H,23,24,28)/t13-,14-/m0/s1. The van der Waals surface area contributed by atoms with Gasteiger partial charge >= 0.3 is 0 Å². The first-order valence-electron chi connectivity index (χ1n) is 11.1. The molecule has 8 heteroatoms. The topological polar surface area (TPSA) is 95.3 Å². The Labute approximate surface area is 175 Å². The van der Waals surface area contributed by atoms with E-state index in [2.05, 4.69) is 22.0 Å². The second-order valence-electron chi connectivity index (χ2n) is 9.24. The summed E-state index contributed by atoms with van der Waals surface area (Å²) >= 11 is 0. The normalized spacial score (nSPS) is 24.4. The van der Waals surface area contributed by atoms with Gasteiger partial charge in [-0.25, -0.2) is 4.98 Å². The number of amides is 1. The first kappa shape index (κ1) is 19.5. The summed E-state index contributed by atoms with van der Waals surface area (Å²) in [7, 11) is 2.02. The Hall–Kier alpha value is -2.48. The van der Waals surface area contributed by atoms with Gasteiger partial charge < -0.3 is 19.3 Å². The summed E-state index contributed by atoms with van der Waals surface area (Å²) < 4.78 is 5.48. The number of nitrogens with zero attached hydrogens (tertiary/aromatic N) is 4. The molecule has 1 N–H and O–H groups in total. The molecule has 0 unspecified atom stereocenters. The van der Waals surface area contributed by atoms with Gasteiger partial charge in [-0.3, -0.25) is 9.59 Å². The number of likely N-dealkylation sites (N-methyl/N-ethyl adjacent to an activating group) is 1. The Morgan fingerprint density at radius 2 is 2.07 bits per heavy atom. The van der Waals surface area contributed by atoms with E-state index in [-0.39, 0.29) is 17.4 Å². The van der Waals surface area contributed by atoms with E-state index in [4.69, 9.17) is 9.51 Å².